The summed E-state index contributed by atoms with van der Waals surface area (Å²) in [5.74, 6) is 0.264. The Bertz CT molecular complexity index is 255. The smallest absolute Gasteiger partial charge is 0.326 e. The van der Waals surface area contributed by atoms with Crippen molar-refractivity contribution in [1.29, 1.82) is 0 Å². The maximum absolute atomic E-state index is 11.3. The van der Waals surface area contributed by atoms with Gasteiger partial charge >= 0.3 is 12.0 Å². The summed E-state index contributed by atoms with van der Waals surface area (Å²) in [6, 6.07) is -1.18. The van der Waals surface area contributed by atoms with Crippen LogP contribution >= 0.6 is 0 Å². The predicted molar refractivity (Wildman–Crippen MR) is 55.5 cm³/mol. The lowest BCUT2D eigenvalue weighted by atomic mass is 10.2. The van der Waals surface area contributed by atoms with E-state index in [1.165, 1.54) is 0 Å². The van der Waals surface area contributed by atoms with Gasteiger partial charge in [-0.25, -0.2) is 9.59 Å². The number of nitrogens with one attached hydrogen (secondary N) is 2. The second-order valence-electron chi connectivity index (χ2n) is 4.13. The maximum Gasteiger partial charge on any atom is 0.326 e. The van der Waals surface area contributed by atoms with E-state index in [2.05, 4.69) is 17.6 Å². The molecule has 0 aromatic rings. The summed E-state index contributed by atoms with van der Waals surface area (Å²) < 4.78 is 0. The van der Waals surface area contributed by atoms with E-state index in [0.29, 0.717) is 24.8 Å². The highest BCUT2D eigenvalue weighted by molar-refractivity contribution is 5.82. The van der Waals surface area contributed by atoms with Crippen LogP contribution in [0.4, 0.5) is 4.79 Å². The molecule has 1 aliphatic rings. The molecule has 3 atom stereocenters. The second kappa shape index (κ2) is 5.00. The minimum atomic E-state index is -0.993. The quantitative estimate of drug-likeness (QED) is 0.633. The Kier molecular flexibility index (Phi) is 3.94. The zero-order chi connectivity index (χ0) is 11.4. The molecule has 0 heterocycles. The monoisotopic (exact) mass is 214 g/mol. The second-order valence-corrected chi connectivity index (χ2v) is 4.13. The Morgan fingerprint density at radius 1 is 1.53 bits per heavy atom. The lowest BCUT2D eigenvalue weighted by Gasteiger charge is -2.12. The van der Waals surface area contributed by atoms with Gasteiger partial charge in [-0.2, -0.15) is 0 Å². The molecular formula is C10H18N2O3. The van der Waals surface area contributed by atoms with Gasteiger partial charge in [0, 0.05) is 6.54 Å². The van der Waals surface area contributed by atoms with E-state index in [4.69, 9.17) is 5.11 Å². The first kappa shape index (κ1) is 11.8. The zero-order valence-corrected chi connectivity index (χ0v) is 9.12. The number of carboxylic acid groups (broad SMARTS) is 1. The minimum absolute atomic E-state index is 0.386. The van der Waals surface area contributed by atoms with Gasteiger partial charge in [-0.15, -0.1) is 0 Å². The Morgan fingerprint density at radius 2 is 2.13 bits per heavy atom. The molecule has 5 heteroatoms. The normalized spacial score (nSPS) is 25.5. The average Bonchev–Trinajstić information content (AvgIpc) is 2.87. The van der Waals surface area contributed by atoms with Crippen molar-refractivity contribution in [3.8, 4) is 0 Å². The van der Waals surface area contributed by atoms with Crippen LogP contribution < -0.4 is 10.6 Å². The number of aliphatic carboxylic acids is 1. The van der Waals surface area contributed by atoms with Crippen molar-refractivity contribution in [2.24, 2.45) is 11.8 Å². The first-order valence-electron chi connectivity index (χ1n) is 5.31. The van der Waals surface area contributed by atoms with Gasteiger partial charge < -0.3 is 15.7 Å². The molecule has 1 aliphatic carbocycles. The molecule has 0 aromatic carbocycles. The highest BCUT2D eigenvalue weighted by atomic mass is 16.4. The topological polar surface area (TPSA) is 78.4 Å². The van der Waals surface area contributed by atoms with Crippen molar-refractivity contribution in [1.82, 2.24) is 10.6 Å². The molecule has 2 unspecified atom stereocenters. The Balaban J connectivity index is 2.19. The molecule has 15 heavy (non-hydrogen) atoms. The number of amides is 2. The van der Waals surface area contributed by atoms with Gasteiger partial charge in [0.25, 0.3) is 0 Å². The molecule has 0 aliphatic heterocycles. The molecule has 5 nitrogen and oxygen atoms in total. The summed E-state index contributed by atoms with van der Waals surface area (Å²) in [4.78, 5) is 21.9. The van der Waals surface area contributed by atoms with Crippen LogP contribution in [0.15, 0.2) is 0 Å². The fourth-order valence-electron chi connectivity index (χ4n) is 1.45. The van der Waals surface area contributed by atoms with Crippen LogP contribution in [0.25, 0.3) is 0 Å². The summed E-state index contributed by atoms with van der Waals surface area (Å²) >= 11 is 0. The maximum atomic E-state index is 11.3. The van der Waals surface area contributed by atoms with Crippen molar-refractivity contribution < 1.29 is 14.7 Å². The molecule has 1 rings (SSSR count). The molecule has 0 saturated heterocycles. The van der Waals surface area contributed by atoms with Gasteiger partial charge in [0.2, 0.25) is 0 Å². The predicted octanol–water partition coefficient (Wildman–Crippen LogP) is 0.805. The molecule has 0 radical (unpaired) electrons. The fraction of sp³-hybridized carbons (Fsp3) is 0.800. The molecule has 0 spiro atoms. The van der Waals surface area contributed by atoms with Crippen LogP contribution in [0.3, 0.4) is 0 Å². The Labute approximate surface area is 89.2 Å². The van der Waals surface area contributed by atoms with Crippen molar-refractivity contribution in [3.63, 3.8) is 0 Å². The zero-order valence-electron chi connectivity index (χ0n) is 9.12. The molecule has 1 saturated carbocycles. The highest BCUT2D eigenvalue weighted by Crippen LogP contribution is 2.36. The largest absolute Gasteiger partial charge is 0.480 e. The molecule has 86 valence electrons. The fourth-order valence-corrected chi connectivity index (χ4v) is 1.45. The third kappa shape index (κ3) is 3.77. The van der Waals surface area contributed by atoms with Gasteiger partial charge in [0.05, 0.1) is 0 Å². The van der Waals surface area contributed by atoms with E-state index in [-0.39, 0.29) is 6.03 Å². The number of rotatable bonds is 5. The van der Waals surface area contributed by atoms with E-state index in [9.17, 15) is 9.59 Å². The van der Waals surface area contributed by atoms with E-state index in [0.717, 1.165) is 6.42 Å². The number of urea groups is 1. The lowest BCUT2D eigenvalue weighted by molar-refractivity contribution is -0.139. The molecule has 0 aromatic heterocycles. The average molecular weight is 214 g/mol. The molecule has 3 N–H and O–H groups in total. The Morgan fingerprint density at radius 3 is 2.53 bits per heavy atom. The first-order valence-corrected chi connectivity index (χ1v) is 5.31. The molecule has 2 amide bonds. The van der Waals surface area contributed by atoms with Gasteiger partial charge in [0.1, 0.15) is 6.04 Å². The number of carboxylic acids is 1. The van der Waals surface area contributed by atoms with E-state index in [1.54, 1.807) is 6.92 Å². The van der Waals surface area contributed by atoms with Crippen molar-refractivity contribution in [2.45, 2.75) is 32.7 Å². The number of hydrogen-bond acceptors (Lipinski definition) is 2. The first-order chi connectivity index (χ1) is 7.04. The lowest BCUT2D eigenvalue weighted by Crippen LogP contribution is -2.46. The van der Waals surface area contributed by atoms with Gasteiger partial charge in [0.15, 0.2) is 0 Å². The van der Waals surface area contributed by atoms with Gasteiger partial charge in [-0.3, -0.25) is 0 Å². The van der Waals surface area contributed by atoms with Crippen LogP contribution in [0.1, 0.15) is 26.7 Å². The summed E-state index contributed by atoms with van der Waals surface area (Å²) in [6.07, 6.45) is 1.54. The van der Waals surface area contributed by atoms with E-state index < -0.39 is 12.0 Å². The van der Waals surface area contributed by atoms with Crippen molar-refractivity contribution in [3.05, 3.63) is 0 Å². The van der Waals surface area contributed by atoms with Crippen LogP contribution in [-0.2, 0) is 4.79 Å². The van der Waals surface area contributed by atoms with Crippen LogP contribution in [-0.4, -0.2) is 29.7 Å². The van der Waals surface area contributed by atoms with Crippen molar-refractivity contribution in [2.75, 3.05) is 6.54 Å². The van der Waals surface area contributed by atoms with Crippen LogP contribution in [0.5, 0.6) is 0 Å². The highest BCUT2D eigenvalue weighted by Gasteiger charge is 2.32. The minimum Gasteiger partial charge on any atom is -0.480 e. The number of carbonyl (C=O) groups is 2. The summed E-state index contributed by atoms with van der Waals surface area (Å²) in [5, 5.41) is 13.8. The molecule has 1 fully saturated rings. The molecular weight excluding hydrogens is 196 g/mol. The summed E-state index contributed by atoms with van der Waals surface area (Å²) in [7, 11) is 0. The standard InChI is InChI=1S/C10H18N2O3/c1-3-8(9(13)14)12-10(15)11-5-7-4-6(7)2/h6-8H,3-5H2,1-2H3,(H,13,14)(H2,11,12,15)/t6?,7?,8-/m0/s1. The summed E-state index contributed by atoms with van der Waals surface area (Å²) in [6.45, 7) is 4.50. The number of carbonyl (C=O) groups excluding carboxylic acids is 1. The molecule has 0 bridgehead atoms. The van der Waals surface area contributed by atoms with Gasteiger partial charge in [-0.05, 0) is 24.7 Å². The van der Waals surface area contributed by atoms with Crippen molar-refractivity contribution >= 4 is 12.0 Å². The van der Waals surface area contributed by atoms with Crippen LogP contribution in [0, 0.1) is 11.8 Å². The van der Waals surface area contributed by atoms with Gasteiger partial charge in [-0.1, -0.05) is 13.8 Å². The van der Waals surface area contributed by atoms with E-state index in [1.807, 2.05) is 0 Å². The SMILES string of the molecule is CC[C@H](NC(=O)NCC1CC1C)C(=O)O. The Hall–Kier alpha value is -1.26. The van der Waals surface area contributed by atoms with E-state index >= 15 is 0 Å². The van der Waals surface area contributed by atoms with Crippen LogP contribution in [0.2, 0.25) is 0 Å². The third-order valence-corrected chi connectivity index (χ3v) is 2.81. The third-order valence-electron chi connectivity index (χ3n) is 2.81. The summed E-state index contributed by atoms with van der Waals surface area (Å²) in [5.41, 5.74) is 0. The number of hydrogen-bond donors (Lipinski definition) is 3.